The summed E-state index contributed by atoms with van der Waals surface area (Å²) in [6, 6.07) is 5.51. The first-order valence-electron chi connectivity index (χ1n) is 7.09. The molecule has 3 rings (SSSR count). The van der Waals surface area contributed by atoms with Crippen LogP contribution < -0.4 is 14.8 Å². The fourth-order valence-electron chi connectivity index (χ4n) is 1.84. The fraction of sp³-hybridized carbons (Fsp3) is 0.267. The van der Waals surface area contributed by atoms with E-state index in [4.69, 9.17) is 9.47 Å². The van der Waals surface area contributed by atoms with E-state index in [0.29, 0.717) is 10.9 Å². The van der Waals surface area contributed by atoms with Crippen molar-refractivity contribution in [2.45, 2.75) is 17.7 Å². The summed E-state index contributed by atoms with van der Waals surface area (Å²) in [4.78, 5) is 11.9. The maximum atomic E-state index is 11.9. The predicted molar refractivity (Wildman–Crippen MR) is 91.2 cm³/mol. The van der Waals surface area contributed by atoms with Crippen LogP contribution in [0.4, 0.5) is 5.13 Å². The van der Waals surface area contributed by atoms with E-state index in [1.54, 1.807) is 17.8 Å². The average molecular weight is 349 g/mol. The summed E-state index contributed by atoms with van der Waals surface area (Å²) in [5, 5.41) is 11.2. The van der Waals surface area contributed by atoms with Crippen LogP contribution in [0, 0.1) is 0 Å². The summed E-state index contributed by atoms with van der Waals surface area (Å²) >= 11 is 3.02. The average Bonchev–Trinajstić information content (AvgIpc) is 3.19. The van der Waals surface area contributed by atoms with Crippen molar-refractivity contribution in [2.24, 2.45) is 0 Å². The molecule has 0 saturated carbocycles. The lowest BCUT2D eigenvalue weighted by Gasteiger charge is -1.98. The molecule has 0 atom stereocenters. The second kappa shape index (κ2) is 7.47. The number of anilines is 1. The van der Waals surface area contributed by atoms with Gasteiger partial charge in [-0.2, -0.15) is 0 Å². The zero-order chi connectivity index (χ0) is 16.1. The molecule has 0 fully saturated rings. The Labute approximate surface area is 141 Å². The lowest BCUT2D eigenvalue weighted by atomic mass is 10.2. The normalized spacial score (nSPS) is 12.7. The molecule has 0 bridgehead atoms. The molecule has 120 valence electrons. The minimum Gasteiger partial charge on any atom is -0.454 e. The standard InChI is InChI=1S/C15H15N3O3S2/c1-2-7-22-15-18-17-14(23-15)16-13(19)6-4-10-3-5-11-12(8-10)21-9-20-11/h3-6,8H,2,7,9H2,1H3,(H,16,17,19)/b6-4-. The Balaban J connectivity index is 1.57. The number of benzene rings is 1. The summed E-state index contributed by atoms with van der Waals surface area (Å²) in [5.41, 5.74) is 0.862. The minimum atomic E-state index is -0.245. The highest BCUT2D eigenvalue weighted by molar-refractivity contribution is 8.01. The molecule has 8 heteroatoms. The van der Waals surface area contributed by atoms with Gasteiger partial charge in [0.1, 0.15) is 0 Å². The summed E-state index contributed by atoms with van der Waals surface area (Å²) < 4.78 is 11.4. The Morgan fingerprint density at radius 2 is 2.26 bits per heavy atom. The van der Waals surface area contributed by atoms with Gasteiger partial charge in [-0.3, -0.25) is 10.1 Å². The molecule has 23 heavy (non-hydrogen) atoms. The zero-order valence-electron chi connectivity index (χ0n) is 12.4. The van der Waals surface area contributed by atoms with E-state index in [9.17, 15) is 4.79 Å². The van der Waals surface area contributed by atoms with Crippen LogP contribution in [0.25, 0.3) is 6.08 Å². The minimum absolute atomic E-state index is 0.235. The van der Waals surface area contributed by atoms with Crippen LogP contribution in [-0.4, -0.2) is 28.7 Å². The van der Waals surface area contributed by atoms with Crippen molar-refractivity contribution in [1.29, 1.82) is 0 Å². The molecule has 1 aromatic carbocycles. The number of carbonyl (C=O) groups excluding carboxylic acids is 1. The number of nitrogens with one attached hydrogen (secondary N) is 1. The lowest BCUT2D eigenvalue weighted by molar-refractivity contribution is -0.111. The Bertz CT molecular complexity index is 731. The molecule has 0 aliphatic carbocycles. The van der Waals surface area contributed by atoms with E-state index in [0.717, 1.165) is 27.8 Å². The van der Waals surface area contributed by atoms with Gasteiger partial charge in [-0.1, -0.05) is 36.1 Å². The molecule has 0 unspecified atom stereocenters. The first-order chi connectivity index (χ1) is 11.2. The number of hydrogen-bond donors (Lipinski definition) is 1. The van der Waals surface area contributed by atoms with Crippen LogP contribution in [0.5, 0.6) is 11.5 Å². The molecule has 1 aromatic heterocycles. The topological polar surface area (TPSA) is 73.3 Å². The van der Waals surface area contributed by atoms with E-state index >= 15 is 0 Å². The SMILES string of the molecule is CCCSc1nnc(NC(=O)/C=C\c2ccc3c(c2)OCO3)s1. The van der Waals surface area contributed by atoms with Crippen molar-refractivity contribution in [2.75, 3.05) is 17.9 Å². The highest BCUT2D eigenvalue weighted by Gasteiger charge is 2.12. The van der Waals surface area contributed by atoms with Gasteiger partial charge >= 0.3 is 0 Å². The van der Waals surface area contributed by atoms with Gasteiger partial charge in [-0.05, 0) is 30.2 Å². The molecule has 2 heterocycles. The molecule has 1 aliphatic heterocycles. The number of rotatable bonds is 6. The summed E-state index contributed by atoms with van der Waals surface area (Å²) in [6.45, 7) is 2.34. The number of hydrogen-bond acceptors (Lipinski definition) is 7. The Morgan fingerprint density at radius 1 is 1.39 bits per heavy atom. The predicted octanol–water partition coefficient (Wildman–Crippen LogP) is 3.42. The smallest absolute Gasteiger partial charge is 0.250 e. The van der Waals surface area contributed by atoms with Crippen molar-refractivity contribution in [1.82, 2.24) is 10.2 Å². The number of aromatic nitrogens is 2. The molecule has 0 saturated heterocycles. The van der Waals surface area contributed by atoms with Gasteiger partial charge in [-0.15, -0.1) is 10.2 Å². The Morgan fingerprint density at radius 3 is 3.13 bits per heavy atom. The van der Waals surface area contributed by atoms with E-state index in [-0.39, 0.29) is 12.7 Å². The third kappa shape index (κ3) is 4.23. The third-order valence-electron chi connectivity index (χ3n) is 2.89. The molecule has 1 amide bonds. The molecular formula is C15H15N3O3S2. The summed E-state index contributed by atoms with van der Waals surface area (Å²) in [5.74, 6) is 2.16. The van der Waals surface area contributed by atoms with E-state index in [2.05, 4.69) is 22.4 Å². The van der Waals surface area contributed by atoms with Crippen molar-refractivity contribution in [3.05, 3.63) is 29.8 Å². The van der Waals surface area contributed by atoms with E-state index in [1.165, 1.54) is 17.4 Å². The van der Waals surface area contributed by atoms with Crippen molar-refractivity contribution < 1.29 is 14.3 Å². The Hall–Kier alpha value is -2.06. The van der Waals surface area contributed by atoms with E-state index in [1.807, 2.05) is 18.2 Å². The van der Waals surface area contributed by atoms with Crippen molar-refractivity contribution in [3.8, 4) is 11.5 Å². The fourth-order valence-corrected chi connectivity index (χ4v) is 3.52. The van der Waals surface area contributed by atoms with Crippen LogP contribution in [-0.2, 0) is 4.79 Å². The van der Waals surface area contributed by atoms with Gasteiger partial charge in [-0.25, -0.2) is 0 Å². The van der Waals surface area contributed by atoms with Crippen molar-refractivity contribution in [3.63, 3.8) is 0 Å². The number of nitrogens with zero attached hydrogens (tertiary/aromatic N) is 2. The Kier molecular flexibility index (Phi) is 5.14. The van der Waals surface area contributed by atoms with Crippen LogP contribution in [0.1, 0.15) is 18.9 Å². The van der Waals surface area contributed by atoms with Gasteiger partial charge in [0.25, 0.3) is 0 Å². The first-order valence-corrected chi connectivity index (χ1v) is 8.90. The zero-order valence-corrected chi connectivity index (χ0v) is 14.1. The number of amides is 1. The van der Waals surface area contributed by atoms with Gasteiger partial charge in [0.2, 0.25) is 17.8 Å². The lowest BCUT2D eigenvalue weighted by Crippen LogP contribution is -2.07. The number of ether oxygens (including phenoxy) is 2. The van der Waals surface area contributed by atoms with Gasteiger partial charge in [0.15, 0.2) is 15.8 Å². The maximum Gasteiger partial charge on any atom is 0.250 e. The maximum absolute atomic E-state index is 11.9. The van der Waals surface area contributed by atoms with Crippen LogP contribution >= 0.6 is 23.1 Å². The molecule has 0 radical (unpaired) electrons. The molecule has 1 aliphatic rings. The summed E-state index contributed by atoms with van der Waals surface area (Å²) in [6.07, 6.45) is 4.24. The first kappa shape index (κ1) is 15.8. The highest BCUT2D eigenvalue weighted by Crippen LogP contribution is 2.32. The number of fused-ring (bicyclic) bond motifs is 1. The monoisotopic (exact) mass is 349 g/mol. The third-order valence-corrected chi connectivity index (χ3v) is 5.07. The van der Waals surface area contributed by atoms with Gasteiger partial charge in [0, 0.05) is 11.8 Å². The second-order valence-corrected chi connectivity index (χ2v) is 6.98. The van der Waals surface area contributed by atoms with E-state index < -0.39 is 0 Å². The van der Waals surface area contributed by atoms with Gasteiger partial charge in [0.05, 0.1) is 0 Å². The van der Waals surface area contributed by atoms with Crippen LogP contribution in [0.2, 0.25) is 0 Å². The summed E-state index contributed by atoms with van der Waals surface area (Å²) in [7, 11) is 0. The largest absolute Gasteiger partial charge is 0.454 e. The molecule has 1 N–H and O–H groups in total. The number of thioether (sulfide) groups is 1. The molecule has 2 aromatic rings. The second-order valence-electron chi connectivity index (χ2n) is 4.66. The van der Waals surface area contributed by atoms with Crippen LogP contribution in [0.3, 0.4) is 0 Å². The quantitative estimate of drug-likeness (QED) is 0.489. The van der Waals surface area contributed by atoms with Crippen molar-refractivity contribution >= 4 is 40.2 Å². The number of carbonyl (C=O) groups is 1. The van der Waals surface area contributed by atoms with Gasteiger partial charge < -0.3 is 9.47 Å². The molecule has 6 nitrogen and oxygen atoms in total. The molecular weight excluding hydrogens is 334 g/mol. The highest BCUT2D eigenvalue weighted by atomic mass is 32.2. The van der Waals surface area contributed by atoms with Crippen LogP contribution in [0.15, 0.2) is 28.6 Å². The molecule has 0 spiro atoms.